The second-order valence-electron chi connectivity index (χ2n) is 9.81. The number of hydrogen-bond donors (Lipinski definition) is 1. The summed E-state index contributed by atoms with van der Waals surface area (Å²) in [6.07, 6.45) is 1.83. The van der Waals surface area contributed by atoms with Crippen LogP contribution in [0.25, 0.3) is 0 Å². The highest BCUT2D eigenvalue weighted by molar-refractivity contribution is 6.30. The quantitative estimate of drug-likeness (QED) is 0.573. The van der Waals surface area contributed by atoms with Gasteiger partial charge in [-0.25, -0.2) is 4.79 Å². The number of nitrogens with zero attached hydrogens (tertiary/aromatic N) is 3. The van der Waals surface area contributed by atoms with E-state index in [-0.39, 0.29) is 18.0 Å². The van der Waals surface area contributed by atoms with E-state index in [1.54, 1.807) is 4.90 Å². The molecule has 0 unspecified atom stereocenters. The van der Waals surface area contributed by atoms with Crippen LogP contribution in [-0.4, -0.2) is 78.6 Å². The summed E-state index contributed by atoms with van der Waals surface area (Å²) in [5.41, 5.74) is 1.85. The average Bonchev–Trinajstić information content (AvgIpc) is 3.21. The number of nitrogens with one attached hydrogen (secondary N) is 1. The first-order valence-electron chi connectivity index (χ1n) is 11.7. The summed E-state index contributed by atoms with van der Waals surface area (Å²) in [7, 11) is 0. The number of benzene rings is 1. The molecule has 0 aliphatic carbocycles. The van der Waals surface area contributed by atoms with Crippen LogP contribution in [0, 0.1) is 0 Å². The highest BCUT2D eigenvalue weighted by Crippen LogP contribution is 2.29. The van der Waals surface area contributed by atoms with Crippen LogP contribution in [0.4, 0.5) is 10.5 Å². The van der Waals surface area contributed by atoms with Crippen molar-refractivity contribution >= 4 is 40.9 Å². The standard InChI is InChI=1S/C24H36Cl2N4O3/c1-24(2,3)33-23(32)29-13-11-28(12-14-29)16-18-6-7-19(26)15-21(18)30-10-8-20(17-30)27-22(31)5-4-9-25/h6-7,15,20H,4-5,8-14,16-17H2,1-3H3,(H,27,31)/t20-/m1/s1. The van der Waals surface area contributed by atoms with Crippen molar-refractivity contribution in [2.45, 2.75) is 58.2 Å². The molecule has 1 aromatic carbocycles. The van der Waals surface area contributed by atoms with E-state index < -0.39 is 5.60 Å². The first-order valence-corrected chi connectivity index (χ1v) is 12.6. The zero-order valence-electron chi connectivity index (χ0n) is 19.9. The molecule has 0 bridgehead atoms. The van der Waals surface area contributed by atoms with E-state index >= 15 is 0 Å². The molecule has 0 radical (unpaired) electrons. The largest absolute Gasteiger partial charge is 0.444 e. The van der Waals surface area contributed by atoms with Crippen molar-refractivity contribution in [1.29, 1.82) is 0 Å². The highest BCUT2D eigenvalue weighted by atomic mass is 35.5. The van der Waals surface area contributed by atoms with Crippen molar-refractivity contribution in [1.82, 2.24) is 15.1 Å². The maximum Gasteiger partial charge on any atom is 0.410 e. The molecule has 2 aliphatic heterocycles. The van der Waals surface area contributed by atoms with Crippen molar-refractivity contribution in [3.8, 4) is 0 Å². The lowest BCUT2D eigenvalue weighted by Gasteiger charge is -2.36. The lowest BCUT2D eigenvalue weighted by atomic mass is 10.1. The Bertz CT molecular complexity index is 822. The minimum atomic E-state index is -0.483. The van der Waals surface area contributed by atoms with E-state index in [9.17, 15) is 9.59 Å². The highest BCUT2D eigenvalue weighted by Gasteiger charge is 2.28. The molecule has 7 nitrogen and oxygen atoms in total. The molecule has 1 aromatic rings. The van der Waals surface area contributed by atoms with Crippen molar-refractivity contribution in [2.75, 3.05) is 50.0 Å². The number of carbonyl (C=O) groups is 2. The van der Waals surface area contributed by atoms with Gasteiger partial charge in [-0.1, -0.05) is 17.7 Å². The van der Waals surface area contributed by atoms with Gasteiger partial charge in [-0.15, -0.1) is 11.6 Å². The number of alkyl halides is 1. The van der Waals surface area contributed by atoms with E-state index in [1.165, 1.54) is 5.56 Å². The van der Waals surface area contributed by atoms with Crippen LogP contribution in [0.5, 0.6) is 0 Å². The van der Waals surface area contributed by atoms with Crippen molar-refractivity contribution in [2.24, 2.45) is 0 Å². The molecule has 184 valence electrons. The Balaban J connectivity index is 1.57. The van der Waals surface area contributed by atoms with Gasteiger partial charge in [-0.3, -0.25) is 9.69 Å². The second-order valence-corrected chi connectivity index (χ2v) is 10.6. The second kappa shape index (κ2) is 11.6. The smallest absolute Gasteiger partial charge is 0.410 e. The van der Waals surface area contributed by atoms with E-state index in [0.29, 0.717) is 36.8 Å². The van der Waals surface area contributed by atoms with Crippen molar-refractivity contribution in [3.63, 3.8) is 0 Å². The van der Waals surface area contributed by atoms with Crippen LogP contribution >= 0.6 is 23.2 Å². The van der Waals surface area contributed by atoms with Crippen LogP contribution < -0.4 is 10.2 Å². The minimum Gasteiger partial charge on any atom is -0.444 e. The number of carbonyl (C=O) groups excluding carboxylic acids is 2. The topological polar surface area (TPSA) is 65.1 Å². The number of amides is 2. The molecule has 9 heteroatoms. The Morgan fingerprint density at radius 3 is 2.55 bits per heavy atom. The summed E-state index contributed by atoms with van der Waals surface area (Å²) in [5, 5.41) is 3.83. The molecule has 3 rings (SSSR count). The van der Waals surface area contributed by atoms with Gasteiger partial charge < -0.3 is 19.9 Å². The molecule has 2 amide bonds. The third kappa shape index (κ3) is 7.94. The Kier molecular flexibility index (Phi) is 9.13. The fraction of sp³-hybridized carbons (Fsp3) is 0.667. The molecular formula is C24H36Cl2N4O3. The zero-order valence-corrected chi connectivity index (χ0v) is 21.4. The number of hydrogen-bond acceptors (Lipinski definition) is 5. The molecule has 2 fully saturated rings. The molecule has 1 N–H and O–H groups in total. The Morgan fingerprint density at radius 2 is 1.88 bits per heavy atom. The molecule has 0 spiro atoms. The van der Waals surface area contributed by atoms with Gasteiger partial charge in [0.05, 0.1) is 0 Å². The SMILES string of the molecule is CC(C)(C)OC(=O)N1CCN(Cc2ccc(Cl)cc2N2CC[C@@H](NC(=O)CCCCl)C2)CC1. The number of anilines is 1. The number of ether oxygens (including phenoxy) is 1. The van der Waals surface area contributed by atoms with Gasteiger partial charge in [0.25, 0.3) is 0 Å². The van der Waals surface area contributed by atoms with Gasteiger partial charge in [-0.05, 0) is 51.3 Å². The summed E-state index contributed by atoms with van der Waals surface area (Å²) in [6, 6.07) is 6.17. The van der Waals surface area contributed by atoms with Crippen LogP contribution in [0.3, 0.4) is 0 Å². The predicted octanol–water partition coefficient (Wildman–Crippen LogP) is 4.11. The van der Waals surface area contributed by atoms with Gasteiger partial charge in [0, 0.05) is 74.9 Å². The van der Waals surface area contributed by atoms with Gasteiger partial charge >= 0.3 is 6.09 Å². The number of rotatable bonds is 7. The van der Waals surface area contributed by atoms with E-state index in [4.69, 9.17) is 27.9 Å². The predicted molar refractivity (Wildman–Crippen MR) is 133 cm³/mol. The minimum absolute atomic E-state index is 0.0664. The Labute approximate surface area is 207 Å². The summed E-state index contributed by atoms with van der Waals surface area (Å²) in [6.45, 7) is 11.0. The Morgan fingerprint density at radius 1 is 1.15 bits per heavy atom. The molecular weight excluding hydrogens is 463 g/mol. The summed E-state index contributed by atoms with van der Waals surface area (Å²) < 4.78 is 5.50. The third-order valence-electron chi connectivity index (χ3n) is 5.90. The average molecular weight is 499 g/mol. The van der Waals surface area contributed by atoms with E-state index in [1.807, 2.05) is 32.9 Å². The molecule has 1 atom stereocenters. The summed E-state index contributed by atoms with van der Waals surface area (Å²) in [4.78, 5) is 30.9. The lowest BCUT2D eigenvalue weighted by molar-refractivity contribution is -0.121. The molecule has 2 aliphatic rings. The van der Waals surface area contributed by atoms with E-state index in [0.717, 1.165) is 44.8 Å². The number of halogens is 2. The summed E-state index contributed by atoms with van der Waals surface area (Å²) >= 11 is 12.0. The molecule has 0 saturated carbocycles. The lowest BCUT2D eigenvalue weighted by Crippen LogP contribution is -2.49. The van der Waals surface area contributed by atoms with Crippen LogP contribution in [0.2, 0.25) is 5.02 Å². The van der Waals surface area contributed by atoms with Gasteiger partial charge in [-0.2, -0.15) is 0 Å². The van der Waals surface area contributed by atoms with Crippen molar-refractivity contribution in [3.05, 3.63) is 28.8 Å². The van der Waals surface area contributed by atoms with Crippen LogP contribution in [0.1, 0.15) is 45.6 Å². The molecule has 33 heavy (non-hydrogen) atoms. The maximum absolute atomic E-state index is 12.3. The monoisotopic (exact) mass is 498 g/mol. The van der Waals surface area contributed by atoms with Gasteiger partial charge in [0.15, 0.2) is 0 Å². The molecule has 2 heterocycles. The van der Waals surface area contributed by atoms with E-state index in [2.05, 4.69) is 21.2 Å². The fourth-order valence-corrected chi connectivity index (χ4v) is 4.55. The molecule has 2 saturated heterocycles. The third-order valence-corrected chi connectivity index (χ3v) is 6.40. The molecule has 0 aromatic heterocycles. The zero-order chi connectivity index (χ0) is 24.0. The van der Waals surface area contributed by atoms with Gasteiger partial charge in [0.1, 0.15) is 5.60 Å². The number of piperazine rings is 1. The first-order chi connectivity index (χ1) is 15.6. The van der Waals surface area contributed by atoms with Crippen molar-refractivity contribution < 1.29 is 14.3 Å². The van der Waals surface area contributed by atoms with Gasteiger partial charge in [0.2, 0.25) is 5.91 Å². The Hall–Kier alpha value is -1.70. The maximum atomic E-state index is 12.3. The van der Waals surface area contributed by atoms with Crippen LogP contribution in [0.15, 0.2) is 18.2 Å². The van der Waals surface area contributed by atoms with Crippen LogP contribution in [-0.2, 0) is 16.1 Å². The fourth-order valence-electron chi connectivity index (χ4n) is 4.25. The normalized spacial score (nSPS) is 19.6. The first kappa shape index (κ1) is 25.9. The summed E-state index contributed by atoms with van der Waals surface area (Å²) in [5.74, 6) is 0.568.